The number of benzene rings is 1. The Hall–Kier alpha value is -2.73. The summed E-state index contributed by atoms with van der Waals surface area (Å²) >= 11 is 0. The summed E-state index contributed by atoms with van der Waals surface area (Å²) in [6, 6.07) is 8.24. The highest BCUT2D eigenvalue weighted by Crippen LogP contribution is 2.24. The smallest absolute Gasteiger partial charge is 0.237 e. The second-order valence-corrected chi connectivity index (χ2v) is 6.91. The van der Waals surface area contributed by atoms with E-state index in [-0.39, 0.29) is 0 Å². The number of aromatic nitrogens is 4. The van der Waals surface area contributed by atoms with Crippen molar-refractivity contribution in [2.75, 3.05) is 13.1 Å². The zero-order valence-electron chi connectivity index (χ0n) is 15.0. The van der Waals surface area contributed by atoms with Gasteiger partial charge < -0.3 is 4.74 Å². The van der Waals surface area contributed by atoms with E-state index in [1.54, 1.807) is 18.6 Å². The lowest BCUT2D eigenvalue weighted by molar-refractivity contribution is 0.316. The molecule has 26 heavy (non-hydrogen) atoms. The molecule has 6 heteroatoms. The van der Waals surface area contributed by atoms with Crippen LogP contribution in [0.4, 0.5) is 0 Å². The van der Waals surface area contributed by atoms with Crippen LogP contribution >= 0.6 is 0 Å². The summed E-state index contributed by atoms with van der Waals surface area (Å²) in [5.74, 6) is 2.02. The van der Waals surface area contributed by atoms with Crippen LogP contribution in [0, 0.1) is 5.92 Å². The molecular weight excluding hydrogens is 326 g/mol. The summed E-state index contributed by atoms with van der Waals surface area (Å²) < 4.78 is 7.58. The number of likely N-dealkylation sites (tertiary alicyclic amines) is 1. The van der Waals surface area contributed by atoms with Crippen LogP contribution in [0.1, 0.15) is 17.5 Å². The second kappa shape index (κ2) is 7.66. The van der Waals surface area contributed by atoms with Crippen molar-refractivity contribution in [1.29, 1.82) is 0 Å². The molecule has 1 fully saturated rings. The zero-order chi connectivity index (χ0) is 17.8. The molecule has 0 radical (unpaired) electrons. The van der Waals surface area contributed by atoms with Gasteiger partial charge in [0, 0.05) is 38.7 Å². The van der Waals surface area contributed by atoms with Crippen molar-refractivity contribution in [3.63, 3.8) is 0 Å². The molecule has 0 unspecified atom stereocenters. The lowest BCUT2D eigenvalue weighted by Crippen LogP contribution is -2.20. The molecule has 0 N–H and O–H groups in total. The average molecular weight is 349 g/mol. The van der Waals surface area contributed by atoms with E-state index in [0.717, 1.165) is 37.7 Å². The molecule has 1 aliphatic heterocycles. The Labute approximate surface area is 153 Å². The molecule has 1 aliphatic rings. The van der Waals surface area contributed by atoms with Crippen LogP contribution in [-0.2, 0) is 20.0 Å². The molecule has 0 bridgehead atoms. The molecule has 1 saturated heterocycles. The van der Waals surface area contributed by atoms with Crippen molar-refractivity contribution in [3.8, 4) is 11.6 Å². The van der Waals surface area contributed by atoms with Gasteiger partial charge in [0.2, 0.25) is 5.88 Å². The SMILES string of the molecule is Cn1cc(C[C@H]2CCN(Cc3ccc(Oc4cnccn4)cc3)C2)cn1. The van der Waals surface area contributed by atoms with Crippen molar-refractivity contribution in [1.82, 2.24) is 24.6 Å². The molecule has 0 spiro atoms. The minimum atomic E-state index is 0.512. The van der Waals surface area contributed by atoms with E-state index in [9.17, 15) is 0 Å². The standard InChI is InChI=1S/C20H23N5O/c1-24-13-18(11-23-24)10-17-6-9-25(15-17)14-16-2-4-19(5-3-16)26-20-12-21-7-8-22-20/h2-5,7-8,11-13,17H,6,9-10,14-15H2,1H3/t17-/m1/s1. The van der Waals surface area contributed by atoms with E-state index in [2.05, 4.69) is 38.3 Å². The van der Waals surface area contributed by atoms with Gasteiger partial charge in [-0.1, -0.05) is 12.1 Å². The lowest BCUT2D eigenvalue weighted by atomic mass is 10.0. The molecule has 134 valence electrons. The quantitative estimate of drug-likeness (QED) is 0.684. The predicted molar refractivity (Wildman–Crippen MR) is 98.8 cm³/mol. The number of nitrogens with zero attached hydrogens (tertiary/aromatic N) is 5. The number of rotatable bonds is 6. The van der Waals surface area contributed by atoms with Gasteiger partial charge in [-0.3, -0.25) is 14.6 Å². The number of hydrogen-bond donors (Lipinski definition) is 0. The molecule has 0 amide bonds. The molecule has 6 nitrogen and oxygen atoms in total. The van der Waals surface area contributed by atoms with Crippen LogP contribution in [0.2, 0.25) is 0 Å². The molecule has 0 aliphatic carbocycles. The Morgan fingerprint density at radius 1 is 1.12 bits per heavy atom. The Bertz CT molecular complexity index is 831. The van der Waals surface area contributed by atoms with Gasteiger partial charge >= 0.3 is 0 Å². The first-order chi connectivity index (χ1) is 12.7. The monoisotopic (exact) mass is 349 g/mol. The minimum absolute atomic E-state index is 0.512. The first-order valence-electron chi connectivity index (χ1n) is 8.97. The largest absolute Gasteiger partial charge is 0.438 e. The number of hydrogen-bond acceptors (Lipinski definition) is 5. The number of ether oxygens (including phenoxy) is 1. The average Bonchev–Trinajstić information content (AvgIpc) is 3.27. The third kappa shape index (κ3) is 4.26. The minimum Gasteiger partial charge on any atom is -0.438 e. The summed E-state index contributed by atoms with van der Waals surface area (Å²) in [4.78, 5) is 10.7. The first kappa shape index (κ1) is 16.7. The van der Waals surface area contributed by atoms with Gasteiger partial charge in [-0.25, -0.2) is 4.98 Å². The first-order valence-corrected chi connectivity index (χ1v) is 8.97. The van der Waals surface area contributed by atoms with Gasteiger partial charge in [0.05, 0.1) is 12.4 Å². The third-order valence-corrected chi connectivity index (χ3v) is 4.74. The van der Waals surface area contributed by atoms with Crippen molar-refractivity contribution < 1.29 is 4.74 Å². The fourth-order valence-electron chi connectivity index (χ4n) is 3.51. The summed E-state index contributed by atoms with van der Waals surface area (Å²) in [5.41, 5.74) is 2.64. The Morgan fingerprint density at radius 2 is 2.00 bits per heavy atom. The van der Waals surface area contributed by atoms with Crippen LogP contribution in [0.3, 0.4) is 0 Å². The van der Waals surface area contributed by atoms with Crippen molar-refractivity contribution >= 4 is 0 Å². The van der Waals surface area contributed by atoms with E-state index < -0.39 is 0 Å². The zero-order valence-corrected chi connectivity index (χ0v) is 15.0. The summed E-state index contributed by atoms with van der Waals surface area (Å²) in [7, 11) is 1.97. The van der Waals surface area contributed by atoms with Crippen LogP contribution in [0.15, 0.2) is 55.2 Å². The molecule has 0 saturated carbocycles. The summed E-state index contributed by atoms with van der Waals surface area (Å²) in [6.07, 6.45) is 11.3. The van der Waals surface area contributed by atoms with Crippen LogP contribution in [0.5, 0.6) is 11.6 Å². The van der Waals surface area contributed by atoms with Crippen LogP contribution in [0.25, 0.3) is 0 Å². The fourth-order valence-corrected chi connectivity index (χ4v) is 3.51. The highest BCUT2D eigenvalue weighted by atomic mass is 16.5. The van der Waals surface area contributed by atoms with E-state index in [1.165, 1.54) is 17.5 Å². The molecule has 4 rings (SSSR count). The van der Waals surface area contributed by atoms with E-state index in [0.29, 0.717) is 5.88 Å². The van der Waals surface area contributed by atoms with Gasteiger partial charge in [0.1, 0.15) is 5.75 Å². The predicted octanol–water partition coefficient (Wildman–Crippen LogP) is 3.07. The molecule has 1 atom stereocenters. The fraction of sp³-hybridized carbons (Fsp3) is 0.350. The van der Waals surface area contributed by atoms with E-state index >= 15 is 0 Å². The maximum Gasteiger partial charge on any atom is 0.237 e. The summed E-state index contributed by atoms with van der Waals surface area (Å²) in [5, 5.41) is 4.27. The normalized spacial score (nSPS) is 17.5. The topological polar surface area (TPSA) is 56.1 Å². The highest BCUT2D eigenvalue weighted by Gasteiger charge is 2.23. The Balaban J connectivity index is 1.29. The van der Waals surface area contributed by atoms with Gasteiger partial charge in [0.15, 0.2) is 0 Å². The molecular formula is C20H23N5O. The van der Waals surface area contributed by atoms with Gasteiger partial charge in [0.25, 0.3) is 0 Å². The van der Waals surface area contributed by atoms with Crippen molar-refractivity contribution in [2.24, 2.45) is 13.0 Å². The Morgan fingerprint density at radius 3 is 2.73 bits per heavy atom. The van der Waals surface area contributed by atoms with E-state index in [4.69, 9.17) is 4.74 Å². The second-order valence-electron chi connectivity index (χ2n) is 6.91. The van der Waals surface area contributed by atoms with Crippen molar-refractivity contribution in [2.45, 2.75) is 19.4 Å². The maximum absolute atomic E-state index is 5.69. The van der Waals surface area contributed by atoms with E-state index in [1.807, 2.05) is 30.1 Å². The lowest BCUT2D eigenvalue weighted by Gasteiger charge is -2.16. The molecule has 3 heterocycles. The Kier molecular flexibility index (Phi) is 4.93. The van der Waals surface area contributed by atoms with Gasteiger partial charge in [-0.05, 0) is 48.6 Å². The molecule has 3 aromatic rings. The highest BCUT2D eigenvalue weighted by molar-refractivity contribution is 5.30. The molecule has 1 aromatic carbocycles. The number of aryl methyl sites for hydroxylation is 1. The van der Waals surface area contributed by atoms with Gasteiger partial charge in [-0.2, -0.15) is 5.10 Å². The summed E-state index contributed by atoms with van der Waals surface area (Å²) in [6.45, 7) is 3.28. The third-order valence-electron chi connectivity index (χ3n) is 4.74. The molecule has 2 aromatic heterocycles. The van der Waals surface area contributed by atoms with Crippen molar-refractivity contribution in [3.05, 3.63) is 66.4 Å². The maximum atomic E-state index is 5.69. The van der Waals surface area contributed by atoms with Crippen LogP contribution < -0.4 is 4.74 Å². The van der Waals surface area contributed by atoms with Gasteiger partial charge in [-0.15, -0.1) is 0 Å². The van der Waals surface area contributed by atoms with Crippen LogP contribution in [-0.4, -0.2) is 37.7 Å².